The van der Waals surface area contributed by atoms with E-state index in [1.165, 1.54) is 13.3 Å². The summed E-state index contributed by atoms with van der Waals surface area (Å²) in [6.45, 7) is 5.57. The molecule has 4 rings (SSSR count). The Morgan fingerprint density at radius 2 is 2.06 bits per heavy atom. The number of nitrogens with one attached hydrogen (secondary N) is 1. The Labute approximate surface area is 202 Å². The summed E-state index contributed by atoms with van der Waals surface area (Å²) >= 11 is 1.11. The Morgan fingerprint density at radius 3 is 2.76 bits per heavy atom. The first kappa shape index (κ1) is 23.7. The van der Waals surface area contributed by atoms with Crippen molar-refractivity contribution in [1.82, 2.24) is 15.3 Å². The molecule has 1 unspecified atom stereocenters. The highest BCUT2D eigenvalue weighted by atomic mass is 32.1. The van der Waals surface area contributed by atoms with E-state index in [0.29, 0.717) is 15.8 Å². The second kappa shape index (κ2) is 9.80. The molecule has 0 saturated heterocycles. The number of amides is 1. The van der Waals surface area contributed by atoms with Crippen molar-refractivity contribution >= 4 is 23.2 Å². The summed E-state index contributed by atoms with van der Waals surface area (Å²) in [5.74, 6) is 0.537. The van der Waals surface area contributed by atoms with Crippen molar-refractivity contribution in [3.8, 4) is 16.7 Å². The lowest BCUT2D eigenvalue weighted by Crippen LogP contribution is -2.49. The van der Waals surface area contributed by atoms with Gasteiger partial charge in [-0.05, 0) is 48.1 Å². The minimum atomic E-state index is -0.785. The SMILES string of the molecule is COC(=O)[C@@H](NC(=O)c1cnc(Oc2ccc3c(c2)CCC(c2cccnc2)O3)s1)C(C)(C)C. The van der Waals surface area contributed by atoms with Crippen LogP contribution in [-0.2, 0) is 16.0 Å². The highest BCUT2D eigenvalue weighted by Gasteiger charge is 2.34. The molecule has 0 spiro atoms. The zero-order chi connectivity index (χ0) is 24.3. The minimum Gasteiger partial charge on any atom is -0.485 e. The van der Waals surface area contributed by atoms with Crippen LogP contribution in [0, 0.1) is 5.41 Å². The molecule has 1 aliphatic heterocycles. The van der Waals surface area contributed by atoms with Crippen molar-refractivity contribution in [3.05, 3.63) is 64.9 Å². The van der Waals surface area contributed by atoms with E-state index in [-0.39, 0.29) is 6.10 Å². The molecule has 8 nitrogen and oxygen atoms in total. The van der Waals surface area contributed by atoms with Gasteiger partial charge < -0.3 is 19.5 Å². The molecular formula is C25H27N3O5S. The third-order valence-corrected chi connectivity index (χ3v) is 6.40. The Balaban J connectivity index is 1.42. The molecule has 178 valence electrons. The van der Waals surface area contributed by atoms with Crippen molar-refractivity contribution in [2.45, 2.75) is 45.8 Å². The normalized spacial score (nSPS) is 16.1. The summed E-state index contributed by atoms with van der Waals surface area (Å²) in [7, 11) is 1.30. The number of benzene rings is 1. The largest absolute Gasteiger partial charge is 0.485 e. The molecule has 1 aromatic carbocycles. The molecule has 3 aromatic rings. The highest BCUT2D eigenvalue weighted by molar-refractivity contribution is 7.15. The van der Waals surface area contributed by atoms with E-state index in [9.17, 15) is 9.59 Å². The summed E-state index contributed by atoms with van der Waals surface area (Å²) in [6.07, 6.45) is 6.69. The molecule has 9 heteroatoms. The molecule has 0 radical (unpaired) electrons. The number of carbonyl (C=O) groups is 2. The van der Waals surface area contributed by atoms with Crippen LogP contribution in [0.4, 0.5) is 0 Å². The molecule has 0 fully saturated rings. The molecule has 2 aromatic heterocycles. The van der Waals surface area contributed by atoms with Crippen LogP contribution in [0.3, 0.4) is 0 Å². The molecule has 0 saturated carbocycles. The first-order valence-electron chi connectivity index (χ1n) is 11.0. The lowest BCUT2D eigenvalue weighted by Gasteiger charge is -2.28. The summed E-state index contributed by atoms with van der Waals surface area (Å²) < 4.78 is 16.9. The van der Waals surface area contributed by atoms with Gasteiger partial charge in [-0.2, -0.15) is 0 Å². The average Bonchev–Trinajstić information content (AvgIpc) is 3.30. The average molecular weight is 482 g/mol. The maximum atomic E-state index is 12.7. The predicted molar refractivity (Wildman–Crippen MR) is 127 cm³/mol. The molecular weight excluding hydrogens is 454 g/mol. The van der Waals surface area contributed by atoms with E-state index in [0.717, 1.165) is 41.1 Å². The summed E-state index contributed by atoms with van der Waals surface area (Å²) in [5.41, 5.74) is 1.61. The fourth-order valence-electron chi connectivity index (χ4n) is 3.69. The standard InChI is InChI=1S/C25H27N3O5S/c1-25(2,3)21(23(30)31-4)28-22(29)20-14-27-24(34-20)32-17-8-10-18-15(12-17)7-9-19(33-18)16-6-5-11-26-13-16/h5-6,8,10-14,19,21H,7,9H2,1-4H3,(H,28,29)/t19?,21-/m1/s1. The fraction of sp³-hybridized carbons (Fsp3) is 0.360. The quantitative estimate of drug-likeness (QED) is 0.509. The van der Waals surface area contributed by atoms with Crippen LogP contribution in [0.15, 0.2) is 48.9 Å². The van der Waals surface area contributed by atoms with Crippen LogP contribution in [-0.4, -0.2) is 35.0 Å². The van der Waals surface area contributed by atoms with Crippen LogP contribution in [0.1, 0.15) is 54.1 Å². The van der Waals surface area contributed by atoms with E-state index in [1.54, 1.807) is 6.20 Å². The van der Waals surface area contributed by atoms with E-state index < -0.39 is 23.3 Å². The molecule has 0 bridgehead atoms. The van der Waals surface area contributed by atoms with Gasteiger partial charge in [0, 0.05) is 18.0 Å². The van der Waals surface area contributed by atoms with Gasteiger partial charge in [0.1, 0.15) is 28.5 Å². The number of methoxy groups -OCH3 is 1. The lowest BCUT2D eigenvalue weighted by atomic mass is 9.86. The van der Waals surface area contributed by atoms with Gasteiger partial charge in [0.25, 0.3) is 11.1 Å². The monoisotopic (exact) mass is 481 g/mol. The number of esters is 1. The van der Waals surface area contributed by atoms with E-state index >= 15 is 0 Å². The van der Waals surface area contributed by atoms with E-state index in [4.69, 9.17) is 14.2 Å². The second-order valence-electron chi connectivity index (χ2n) is 9.09. The second-order valence-corrected chi connectivity index (χ2v) is 10.1. The van der Waals surface area contributed by atoms with Crippen molar-refractivity contribution in [1.29, 1.82) is 0 Å². The Bertz CT molecular complexity index is 1170. The van der Waals surface area contributed by atoms with Crippen LogP contribution in [0.25, 0.3) is 0 Å². The topological polar surface area (TPSA) is 99.6 Å². The van der Waals surface area contributed by atoms with Gasteiger partial charge in [0.2, 0.25) is 0 Å². The van der Waals surface area contributed by atoms with Gasteiger partial charge in [-0.25, -0.2) is 9.78 Å². The number of hydrogen-bond donors (Lipinski definition) is 1. The highest BCUT2D eigenvalue weighted by Crippen LogP contribution is 2.38. The molecule has 34 heavy (non-hydrogen) atoms. The van der Waals surface area contributed by atoms with Crippen molar-refractivity contribution in [3.63, 3.8) is 0 Å². The van der Waals surface area contributed by atoms with Gasteiger partial charge in [0.15, 0.2) is 0 Å². The number of aryl methyl sites for hydroxylation is 1. The zero-order valence-electron chi connectivity index (χ0n) is 19.5. The molecule has 1 N–H and O–H groups in total. The lowest BCUT2D eigenvalue weighted by molar-refractivity contribution is -0.145. The summed E-state index contributed by atoms with van der Waals surface area (Å²) in [5, 5.41) is 3.07. The fourth-order valence-corrected chi connectivity index (χ4v) is 4.38. The van der Waals surface area contributed by atoms with E-state index in [2.05, 4.69) is 15.3 Å². The molecule has 0 aliphatic carbocycles. The summed E-state index contributed by atoms with van der Waals surface area (Å²) in [4.78, 5) is 33.5. The number of thiazole rings is 1. The maximum absolute atomic E-state index is 12.7. The minimum absolute atomic E-state index is 0.0186. The van der Waals surface area contributed by atoms with Crippen LogP contribution < -0.4 is 14.8 Å². The number of carbonyl (C=O) groups excluding carboxylic acids is 2. The van der Waals surface area contributed by atoms with Gasteiger partial charge in [-0.1, -0.05) is 38.2 Å². The number of pyridine rings is 1. The number of fused-ring (bicyclic) bond motifs is 1. The maximum Gasteiger partial charge on any atom is 0.328 e. The van der Waals surface area contributed by atoms with Gasteiger partial charge in [-0.3, -0.25) is 9.78 Å². The van der Waals surface area contributed by atoms with Crippen molar-refractivity contribution < 1.29 is 23.8 Å². The van der Waals surface area contributed by atoms with Gasteiger partial charge in [0.05, 0.1) is 13.3 Å². The molecule has 3 heterocycles. The Hall–Kier alpha value is -3.46. The predicted octanol–water partition coefficient (Wildman–Crippen LogP) is 4.71. The number of hydrogen-bond acceptors (Lipinski definition) is 8. The Morgan fingerprint density at radius 1 is 1.24 bits per heavy atom. The van der Waals surface area contributed by atoms with Crippen LogP contribution >= 0.6 is 11.3 Å². The van der Waals surface area contributed by atoms with Crippen LogP contribution in [0.2, 0.25) is 0 Å². The summed E-state index contributed by atoms with van der Waals surface area (Å²) in [6, 6.07) is 8.78. The third kappa shape index (κ3) is 5.36. The van der Waals surface area contributed by atoms with Gasteiger partial charge >= 0.3 is 5.97 Å². The molecule has 1 aliphatic rings. The molecule has 1 amide bonds. The zero-order valence-corrected chi connectivity index (χ0v) is 20.3. The Kier molecular flexibility index (Phi) is 6.83. The van der Waals surface area contributed by atoms with Crippen molar-refractivity contribution in [2.24, 2.45) is 5.41 Å². The smallest absolute Gasteiger partial charge is 0.328 e. The van der Waals surface area contributed by atoms with Crippen molar-refractivity contribution in [2.75, 3.05) is 7.11 Å². The number of rotatable bonds is 6. The van der Waals surface area contributed by atoms with E-state index in [1.807, 2.05) is 57.3 Å². The third-order valence-electron chi connectivity index (χ3n) is 5.53. The van der Waals surface area contributed by atoms with Crippen LogP contribution in [0.5, 0.6) is 16.7 Å². The molecule has 2 atom stereocenters. The number of ether oxygens (including phenoxy) is 3. The first-order valence-corrected chi connectivity index (χ1v) is 11.8. The number of nitrogens with zero attached hydrogens (tertiary/aromatic N) is 2. The first-order chi connectivity index (χ1) is 16.2. The number of aromatic nitrogens is 2. The van der Waals surface area contributed by atoms with Gasteiger partial charge in [-0.15, -0.1) is 0 Å².